The average Bonchev–Trinajstić information content (AvgIpc) is 3.09. The Morgan fingerprint density at radius 2 is 1.77 bits per heavy atom. The van der Waals surface area contributed by atoms with Gasteiger partial charge in [0.05, 0.1) is 25.3 Å². The van der Waals surface area contributed by atoms with Gasteiger partial charge in [-0.2, -0.15) is 0 Å². The quantitative estimate of drug-likeness (QED) is 0.692. The van der Waals surface area contributed by atoms with Crippen LogP contribution in [0.1, 0.15) is 12.0 Å². The van der Waals surface area contributed by atoms with Gasteiger partial charge in [-0.1, -0.05) is 48.6 Å². The number of hydrogen-bond donors (Lipinski definition) is 0. The van der Waals surface area contributed by atoms with Crippen LogP contribution in [0.3, 0.4) is 0 Å². The fourth-order valence-electron chi connectivity index (χ4n) is 4.08. The number of rotatable bonds is 6. The predicted octanol–water partition coefficient (Wildman–Crippen LogP) is 2.66. The number of imide groups is 1. The van der Waals surface area contributed by atoms with Gasteiger partial charge in [0.1, 0.15) is 5.75 Å². The maximum Gasteiger partial charge on any atom is 0.251 e. The van der Waals surface area contributed by atoms with Crippen LogP contribution in [0.5, 0.6) is 5.75 Å². The maximum absolute atomic E-state index is 13.0. The fourth-order valence-corrected chi connectivity index (χ4v) is 4.08. The van der Waals surface area contributed by atoms with Crippen LogP contribution in [0, 0.1) is 0 Å². The number of ether oxygens (including phenoxy) is 1. The highest BCUT2D eigenvalue weighted by Gasteiger charge is 2.43. The average molecular weight is 405 g/mol. The molecular formula is C24H27N3O3. The van der Waals surface area contributed by atoms with Gasteiger partial charge in [-0.25, -0.2) is 4.90 Å². The number of carbonyl (C=O) groups is 2. The maximum atomic E-state index is 13.0. The molecule has 0 saturated carbocycles. The number of nitrogens with zero attached hydrogens (tertiary/aromatic N) is 3. The van der Waals surface area contributed by atoms with E-state index in [2.05, 4.69) is 34.1 Å². The standard InChI is InChI=1S/C24H27N3O3/c1-30-21-11-5-10-20(17-21)27-23(28)18-22(24(27)29)26-15-13-25(14-16-26)12-6-9-19-7-3-2-4-8-19/h2-11,17,22H,12-16,18H2,1H3. The first-order valence-electron chi connectivity index (χ1n) is 10.3. The summed E-state index contributed by atoms with van der Waals surface area (Å²) < 4.78 is 5.23. The van der Waals surface area contributed by atoms with E-state index in [9.17, 15) is 9.59 Å². The molecule has 2 heterocycles. The molecule has 0 spiro atoms. The van der Waals surface area contributed by atoms with E-state index >= 15 is 0 Å². The Morgan fingerprint density at radius 1 is 1.00 bits per heavy atom. The topological polar surface area (TPSA) is 53.1 Å². The van der Waals surface area contributed by atoms with Crippen LogP contribution in [0.15, 0.2) is 60.7 Å². The van der Waals surface area contributed by atoms with Gasteiger partial charge in [-0.05, 0) is 17.7 Å². The van der Waals surface area contributed by atoms with Crippen molar-refractivity contribution in [2.75, 3.05) is 44.7 Å². The van der Waals surface area contributed by atoms with Gasteiger partial charge in [0, 0.05) is 38.8 Å². The van der Waals surface area contributed by atoms with Crippen LogP contribution in [-0.2, 0) is 9.59 Å². The van der Waals surface area contributed by atoms with Gasteiger partial charge in [-0.3, -0.25) is 19.4 Å². The lowest BCUT2D eigenvalue weighted by atomic mass is 10.1. The van der Waals surface area contributed by atoms with E-state index in [4.69, 9.17) is 4.74 Å². The number of carbonyl (C=O) groups excluding carboxylic acids is 2. The lowest BCUT2D eigenvalue weighted by Crippen LogP contribution is -2.52. The third-order valence-corrected chi connectivity index (χ3v) is 5.76. The summed E-state index contributed by atoms with van der Waals surface area (Å²) in [5.74, 6) is 0.353. The Bertz CT molecular complexity index is 920. The highest BCUT2D eigenvalue weighted by Crippen LogP contribution is 2.28. The molecule has 156 valence electrons. The van der Waals surface area contributed by atoms with Crippen molar-refractivity contribution in [3.05, 3.63) is 66.2 Å². The van der Waals surface area contributed by atoms with Crippen molar-refractivity contribution in [1.29, 1.82) is 0 Å². The molecule has 2 aromatic rings. The molecule has 2 aliphatic rings. The van der Waals surface area contributed by atoms with E-state index in [1.165, 1.54) is 10.5 Å². The van der Waals surface area contributed by atoms with Crippen molar-refractivity contribution in [1.82, 2.24) is 9.80 Å². The lowest BCUT2D eigenvalue weighted by molar-refractivity contribution is -0.123. The summed E-state index contributed by atoms with van der Waals surface area (Å²) in [4.78, 5) is 31.5. The molecule has 0 N–H and O–H groups in total. The highest BCUT2D eigenvalue weighted by atomic mass is 16.5. The molecule has 2 aromatic carbocycles. The molecule has 0 radical (unpaired) electrons. The minimum atomic E-state index is -0.370. The molecule has 4 rings (SSSR count). The molecule has 6 nitrogen and oxygen atoms in total. The van der Waals surface area contributed by atoms with E-state index in [-0.39, 0.29) is 24.3 Å². The van der Waals surface area contributed by atoms with Crippen LogP contribution in [-0.4, -0.2) is 67.5 Å². The summed E-state index contributed by atoms with van der Waals surface area (Å²) in [6.07, 6.45) is 4.56. The van der Waals surface area contributed by atoms with Gasteiger partial charge in [0.25, 0.3) is 5.91 Å². The largest absolute Gasteiger partial charge is 0.497 e. The first kappa shape index (κ1) is 20.3. The van der Waals surface area contributed by atoms with E-state index in [0.717, 1.165) is 32.7 Å². The van der Waals surface area contributed by atoms with Gasteiger partial charge in [-0.15, -0.1) is 0 Å². The van der Waals surface area contributed by atoms with Crippen LogP contribution in [0.2, 0.25) is 0 Å². The molecule has 1 unspecified atom stereocenters. The third kappa shape index (κ3) is 4.45. The third-order valence-electron chi connectivity index (χ3n) is 5.76. The SMILES string of the molecule is COc1cccc(N2C(=O)CC(N3CCN(CC=Cc4ccccc4)CC3)C2=O)c1. The second-order valence-corrected chi connectivity index (χ2v) is 7.64. The van der Waals surface area contributed by atoms with E-state index in [0.29, 0.717) is 11.4 Å². The monoisotopic (exact) mass is 405 g/mol. The van der Waals surface area contributed by atoms with E-state index in [1.807, 2.05) is 18.2 Å². The molecule has 2 amide bonds. The predicted molar refractivity (Wildman–Crippen MR) is 117 cm³/mol. The number of amides is 2. The Hall–Kier alpha value is -2.96. The van der Waals surface area contributed by atoms with Crippen molar-refractivity contribution in [2.24, 2.45) is 0 Å². The summed E-state index contributed by atoms with van der Waals surface area (Å²) in [5, 5.41) is 0. The Kier molecular flexibility index (Phi) is 6.26. The second-order valence-electron chi connectivity index (χ2n) is 7.64. The van der Waals surface area contributed by atoms with Gasteiger partial charge in [0.15, 0.2) is 0 Å². The molecule has 2 saturated heterocycles. The van der Waals surface area contributed by atoms with Gasteiger partial charge < -0.3 is 4.74 Å². The van der Waals surface area contributed by atoms with E-state index in [1.54, 1.807) is 31.4 Å². The summed E-state index contributed by atoms with van der Waals surface area (Å²) in [5.41, 5.74) is 1.78. The molecular weight excluding hydrogens is 378 g/mol. The highest BCUT2D eigenvalue weighted by molar-refractivity contribution is 6.22. The molecule has 30 heavy (non-hydrogen) atoms. The normalized spacial score (nSPS) is 21.0. The zero-order valence-electron chi connectivity index (χ0n) is 17.2. The fraction of sp³-hybridized carbons (Fsp3) is 0.333. The minimum absolute atomic E-state index is 0.134. The lowest BCUT2D eigenvalue weighted by Gasteiger charge is -2.36. The van der Waals surface area contributed by atoms with Crippen molar-refractivity contribution < 1.29 is 14.3 Å². The second kappa shape index (κ2) is 9.24. The van der Waals surface area contributed by atoms with Crippen molar-refractivity contribution in [3.63, 3.8) is 0 Å². The number of methoxy groups -OCH3 is 1. The first-order valence-corrected chi connectivity index (χ1v) is 10.3. The van der Waals surface area contributed by atoms with Crippen LogP contribution < -0.4 is 9.64 Å². The number of piperazine rings is 1. The molecule has 2 fully saturated rings. The molecule has 2 aliphatic heterocycles. The zero-order chi connectivity index (χ0) is 20.9. The van der Waals surface area contributed by atoms with Gasteiger partial charge in [0.2, 0.25) is 5.91 Å². The van der Waals surface area contributed by atoms with Crippen molar-refractivity contribution >= 4 is 23.6 Å². The van der Waals surface area contributed by atoms with Crippen LogP contribution >= 0.6 is 0 Å². The summed E-state index contributed by atoms with van der Waals surface area (Å²) in [7, 11) is 1.57. The summed E-state index contributed by atoms with van der Waals surface area (Å²) >= 11 is 0. The minimum Gasteiger partial charge on any atom is -0.497 e. The molecule has 6 heteroatoms. The van der Waals surface area contributed by atoms with Crippen molar-refractivity contribution in [3.8, 4) is 5.75 Å². The molecule has 0 aliphatic carbocycles. The van der Waals surface area contributed by atoms with Crippen molar-refractivity contribution in [2.45, 2.75) is 12.5 Å². The summed E-state index contributed by atoms with van der Waals surface area (Å²) in [6, 6.07) is 17.0. The molecule has 0 aromatic heterocycles. The smallest absolute Gasteiger partial charge is 0.251 e. The Labute approximate surface area is 177 Å². The summed E-state index contributed by atoms with van der Waals surface area (Å²) in [6.45, 7) is 4.23. The number of hydrogen-bond acceptors (Lipinski definition) is 5. The van der Waals surface area contributed by atoms with Crippen LogP contribution in [0.4, 0.5) is 5.69 Å². The Morgan fingerprint density at radius 3 is 2.50 bits per heavy atom. The zero-order valence-corrected chi connectivity index (χ0v) is 17.2. The van der Waals surface area contributed by atoms with Crippen LogP contribution in [0.25, 0.3) is 6.08 Å². The molecule has 1 atom stereocenters. The Balaban J connectivity index is 1.33. The molecule has 0 bridgehead atoms. The van der Waals surface area contributed by atoms with Gasteiger partial charge >= 0.3 is 0 Å². The van der Waals surface area contributed by atoms with E-state index < -0.39 is 0 Å². The first-order chi connectivity index (χ1) is 14.7. The number of anilines is 1. The number of benzene rings is 2.